The van der Waals surface area contributed by atoms with E-state index >= 15 is 0 Å². The normalized spacial score (nSPS) is 17.6. The Morgan fingerprint density at radius 2 is 2.10 bits per heavy atom. The minimum atomic E-state index is -1.42. The molecule has 0 aliphatic rings. The average molecular weight is 137 g/mol. The molecule has 0 heterocycles. The Hall–Kier alpha value is -0.820. The number of aliphatic hydroxyl groups is 1. The maximum atomic E-state index is 9.46. The van der Waals surface area contributed by atoms with E-state index in [0.29, 0.717) is 12.0 Å². The van der Waals surface area contributed by atoms with Crippen molar-refractivity contribution < 1.29 is 6.48 Å². The quantitative estimate of drug-likeness (QED) is 0.662. The van der Waals surface area contributed by atoms with Crippen LogP contribution in [0.15, 0.2) is 30.3 Å². The van der Waals surface area contributed by atoms with Crippen LogP contribution in [-0.2, 0) is 0 Å². The second kappa shape index (κ2) is 3.37. The molecule has 1 aromatic carbocycles. The van der Waals surface area contributed by atoms with Gasteiger partial charge in [-0.1, -0.05) is 37.3 Å². The molecule has 0 bridgehead atoms. The second-order valence-electron chi connectivity index (χ2n) is 2.17. The van der Waals surface area contributed by atoms with Crippen LogP contribution in [0.2, 0.25) is 0 Å². The van der Waals surface area contributed by atoms with Gasteiger partial charge in [0, 0.05) is 0 Å². The van der Waals surface area contributed by atoms with Gasteiger partial charge >= 0.3 is 0 Å². The third-order valence-corrected chi connectivity index (χ3v) is 1.44. The lowest BCUT2D eigenvalue weighted by molar-refractivity contribution is 0.173. The molecule has 1 rings (SSSR count). The Kier molecular flexibility index (Phi) is 2.00. The average Bonchev–Trinajstić information content (AvgIpc) is 2.06. The van der Waals surface area contributed by atoms with Crippen molar-refractivity contribution in [3.05, 3.63) is 35.9 Å². The van der Waals surface area contributed by atoms with E-state index in [9.17, 15) is 5.11 Å². The molecule has 1 nitrogen and oxygen atoms in total. The molecular weight excluding hydrogens is 124 g/mol. The summed E-state index contributed by atoms with van der Waals surface area (Å²) in [5.74, 6) is 0. The Morgan fingerprint density at radius 3 is 2.60 bits per heavy atom. The summed E-state index contributed by atoms with van der Waals surface area (Å²) >= 11 is 0. The predicted octanol–water partition coefficient (Wildman–Crippen LogP) is 2.13. The maximum Gasteiger partial charge on any atom is 0.0787 e. The van der Waals surface area contributed by atoms with E-state index in [2.05, 4.69) is 0 Å². The van der Waals surface area contributed by atoms with Gasteiger partial charge in [-0.15, -0.1) is 0 Å². The Morgan fingerprint density at radius 1 is 1.50 bits per heavy atom. The molecule has 0 saturated heterocycles. The molecule has 54 valence electrons. The van der Waals surface area contributed by atoms with Crippen molar-refractivity contribution in [2.45, 2.75) is 19.4 Å². The van der Waals surface area contributed by atoms with Gasteiger partial charge in [-0.3, -0.25) is 0 Å². The van der Waals surface area contributed by atoms with Crippen LogP contribution in [0.25, 0.3) is 0 Å². The van der Waals surface area contributed by atoms with Crippen LogP contribution in [0, 0.1) is 0 Å². The van der Waals surface area contributed by atoms with Crippen LogP contribution in [0.1, 0.15) is 26.4 Å². The molecule has 1 aromatic rings. The molecular formula is C9H12O. The van der Waals surface area contributed by atoms with Gasteiger partial charge in [0.2, 0.25) is 0 Å². The number of benzene rings is 1. The summed E-state index contributed by atoms with van der Waals surface area (Å²) in [5, 5.41) is 9.46. The molecule has 1 unspecified atom stereocenters. The van der Waals surface area contributed by atoms with E-state index in [-0.39, 0.29) is 0 Å². The molecule has 0 aromatic heterocycles. The Balaban J connectivity index is 2.93. The van der Waals surface area contributed by atoms with E-state index in [0.717, 1.165) is 0 Å². The summed E-state index contributed by atoms with van der Waals surface area (Å²) in [6, 6.07) is 9.04. The predicted molar refractivity (Wildman–Crippen MR) is 41.7 cm³/mol. The zero-order chi connectivity index (χ0) is 8.32. The number of hydrogen-bond acceptors (Lipinski definition) is 1. The summed E-state index contributed by atoms with van der Waals surface area (Å²) in [6.45, 7) is 1.79. The van der Waals surface area contributed by atoms with E-state index in [4.69, 9.17) is 1.37 Å². The monoisotopic (exact) mass is 137 g/mol. The van der Waals surface area contributed by atoms with Crippen LogP contribution in [0.4, 0.5) is 0 Å². The molecule has 10 heavy (non-hydrogen) atoms. The van der Waals surface area contributed by atoms with Crippen molar-refractivity contribution in [3.63, 3.8) is 0 Å². The summed E-state index contributed by atoms with van der Waals surface area (Å²) in [6.07, 6.45) is -1.00. The maximum absolute atomic E-state index is 9.46. The largest absolute Gasteiger partial charge is 0.388 e. The van der Waals surface area contributed by atoms with Gasteiger partial charge < -0.3 is 5.11 Å². The third kappa shape index (κ3) is 1.58. The molecule has 1 N–H and O–H groups in total. The zero-order valence-electron chi connectivity index (χ0n) is 7.04. The van der Waals surface area contributed by atoms with Gasteiger partial charge in [0.1, 0.15) is 0 Å². The molecule has 0 amide bonds. The van der Waals surface area contributed by atoms with Crippen molar-refractivity contribution >= 4 is 0 Å². The summed E-state index contributed by atoms with van der Waals surface area (Å²) < 4.78 is 7.47. The summed E-state index contributed by atoms with van der Waals surface area (Å²) in [7, 11) is 0. The molecule has 0 saturated carbocycles. The van der Waals surface area contributed by atoms with Crippen molar-refractivity contribution in [1.82, 2.24) is 0 Å². The van der Waals surface area contributed by atoms with Crippen LogP contribution in [0.3, 0.4) is 0 Å². The van der Waals surface area contributed by atoms with Gasteiger partial charge in [0.25, 0.3) is 0 Å². The topological polar surface area (TPSA) is 20.2 Å². The molecule has 0 aliphatic carbocycles. The lowest BCUT2D eigenvalue weighted by Gasteiger charge is -2.05. The third-order valence-electron chi connectivity index (χ3n) is 1.44. The van der Waals surface area contributed by atoms with Crippen molar-refractivity contribution in [2.75, 3.05) is 0 Å². The minimum absolute atomic E-state index is 0.414. The second-order valence-corrected chi connectivity index (χ2v) is 2.17. The molecule has 0 fully saturated rings. The van der Waals surface area contributed by atoms with Gasteiger partial charge in [0.05, 0.1) is 7.45 Å². The van der Waals surface area contributed by atoms with Gasteiger partial charge in [0.15, 0.2) is 0 Å². The van der Waals surface area contributed by atoms with Crippen molar-refractivity contribution in [2.24, 2.45) is 0 Å². The minimum Gasteiger partial charge on any atom is -0.388 e. The summed E-state index contributed by atoms with van der Waals surface area (Å²) in [5.41, 5.74) is 0.655. The number of hydrogen-bond donors (Lipinski definition) is 1. The highest BCUT2D eigenvalue weighted by molar-refractivity contribution is 5.16. The molecule has 1 heteroatoms. The first kappa shape index (κ1) is 5.93. The molecule has 0 spiro atoms. The summed E-state index contributed by atoms with van der Waals surface area (Å²) in [4.78, 5) is 0. The first-order valence-corrected chi connectivity index (χ1v) is 3.44. The zero-order valence-corrected chi connectivity index (χ0v) is 6.04. The van der Waals surface area contributed by atoms with Crippen molar-refractivity contribution in [3.8, 4) is 0 Å². The fourth-order valence-electron chi connectivity index (χ4n) is 0.835. The van der Waals surface area contributed by atoms with E-state index in [1.54, 1.807) is 19.1 Å². The number of rotatable bonds is 2. The highest BCUT2D eigenvalue weighted by Gasteiger charge is 2.00. The highest BCUT2D eigenvalue weighted by Crippen LogP contribution is 2.14. The lowest BCUT2D eigenvalue weighted by atomic mass is 10.1. The van der Waals surface area contributed by atoms with E-state index in [1.807, 2.05) is 18.2 Å². The smallest absolute Gasteiger partial charge is 0.0787 e. The molecule has 1 atom stereocenters. The van der Waals surface area contributed by atoms with Crippen LogP contribution < -0.4 is 0 Å². The molecule has 0 aliphatic heterocycles. The first-order chi connectivity index (χ1) is 5.17. The van der Waals surface area contributed by atoms with Crippen molar-refractivity contribution in [1.29, 1.82) is 0 Å². The fourth-order valence-corrected chi connectivity index (χ4v) is 0.835. The highest BCUT2D eigenvalue weighted by atomic mass is 16.3. The Labute approximate surface area is 62.7 Å². The van der Waals surface area contributed by atoms with Gasteiger partial charge in [-0.05, 0) is 12.0 Å². The van der Waals surface area contributed by atoms with Crippen LogP contribution in [0.5, 0.6) is 0 Å². The first-order valence-electron chi connectivity index (χ1n) is 3.94. The SMILES string of the molecule is [2H]C(O)(CC)c1ccccc1. The van der Waals surface area contributed by atoms with Crippen LogP contribution in [-0.4, -0.2) is 5.11 Å². The Bertz CT molecular complexity index is 218. The standard InChI is InChI=1S/C9H12O/c1-2-9(10)8-6-4-3-5-7-8/h3-7,9-10H,2H2,1H3/i9D. The fraction of sp³-hybridized carbons (Fsp3) is 0.333. The van der Waals surface area contributed by atoms with E-state index < -0.39 is 6.08 Å². The molecule has 0 radical (unpaired) electrons. The van der Waals surface area contributed by atoms with E-state index in [1.165, 1.54) is 0 Å². The van der Waals surface area contributed by atoms with Gasteiger partial charge in [-0.25, -0.2) is 0 Å². The van der Waals surface area contributed by atoms with Crippen LogP contribution >= 0.6 is 0 Å². The van der Waals surface area contributed by atoms with Gasteiger partial charge in [-0.2, -0.15) is 0 Å². The lowest BCUT2D eigenvalue weighted by Crippen LogP contribution is -1.93.